The molecule has 5 heteroatoms. The fraction of sp³-hybridized carbons (Fsp3) is 0.562. The Bertz CT molecular complexity index is 454. The summed E-state index contributed by atoms with van der Waals surface area (Å²) in [5, 5.41) is 12.2. The van der Waals surface area contributed by atoms with Gasteiger partial charge in [-0.25, -0.2) is 4.39 Å². The molecular formula is C16H25FN2O2. The molecule has 0 aliphatic carbocycles. The molecule has 1 atom stereocenters. The van der Waals surface area contributed by atoms with E-state index in [0.717, 1.165) is 0 Å². The number of aliphatic hydroxyl groups is 1. The molecule has 1 aromatic carbocycles. The zero-order valence-electron chi connectivity index (χ0n) is 13.2. The molecule has 1 rings (SSSR count). The second-order valence-corrected chi connectivity index (χ2v) is 6.35. The quantitative estimate of drug-likeness (QED) is 0.848. The molecule has 21 heavy (non-hydrogen) atoms. The van der Waals surface area contributed by atoms with E-state index in [1.807, 2.05) is 11.9 Å². The molecule has 118 valence electrons. The van der Waals surface area contributed by atoms with E-state index >= 15 is 0 Å². The Hall–Kier alpha value is -1.46. The van der Waals surface area contributed by atoms with Crippen LogP contribution in [0.2, 0.25) is 0 Å². The number of carbonyl (C=O) groups is 1. The minimum absolute atomic E-state index is 0.00359. The molecule has 0 fully saturated rings. The molecule has 0 heterocycles. The molecule has 1 unspecified atom stereocenters. The van der Waals surface area contributed by atoms with Gasteiger partial charge in [0.1, 0.15) is 5.82 Å². The Kier molecular flexibility index (Phi) is 6.30. The van der Waals surface area contributed by atoms with Gasteiger partial charge in [0.2, 0.25) is 5.91 Å². The number of nitrogens with zero attached hydrogens (tertiary/aromatic N) is 1. The van der Waals surface area contributed by atoms with Crippen LogP contribution in [0.5, 0.6) is 0 Å². The molecule has 0 aromatic heterocycles. The van der Waals surface area contributed by atoms with Gasteiger partial charge >= 0.3 is 0 Å². The van der Waals surface area contributed by atoms with Crippen LogP contribution in [0.25, 0.3) is 0 Å². The average Bonchev–Trinajstić information content (AvgIpc) is 2.38. The second-order valence-electron chi connectivity index (χ2n) is 6.35. The van der Waals surface area contributed by atoms with Crippen molar-refractivity contribution in [3.63, 3.8) is 0 Å². The van der Waals surface area contributed by atoms with Crippen LogP contribution in [-0.2, 0) is 4.79 Å². The Morgan fingerprint density at radius 3 is 2.38 bits per heavy atom. The number of nitrogens with one attached hydrogen (secondary N) is 1. The van der Waals surface area contributed by atoms with E-state index in [0.29, 0.717) is 18.7 Å². The number of aliphatic hydroxyl groups excluding tert-OH is 1. The molecule has 0 spiro atoms. The zero-order chi connectivity index (χ0) is 16.0. The first-order valence-electron chi connectivity index (χ1n) is 7.10. The first kappa shape index (κ1) is 17.6. The lowest BCUT2D eigenvalue weighted by molar-refractivity contribution is -0.116. The summed E-state index contributed by atoms with van der Waals surface area (Å²) >= 11 is 0. The fourth-order valence-corrected chi connectivity index (χ4v) is 2.26. The highest BCUT2D eigenvalue weighted by Gasteiger charge is 2.27. The molecule has 0 radical (unpaired) electrons. The SMILES string of the molecule is CN(CCC(=O)Nc1ccc(F)cc1)C(CO)C(C)(C)C. The van der Waals surface area contributed by atoms with Crippen molar-refractivity contribution in [2.24, 2.45) is 5.41 Å². The summed E-state index contributed by atoms with van der Waals surface area (Å²) in [6.45, 7) is 6.78. The summed E-state index contributed by atoms with van der Waals surface area (Å²) in [4.78, 5) is 13.9. The third-order valence-corrected chi connectivity index (χ3v) is 3.52. The minimum atomic E-state index is -0.330. The van der Waals surface area contributed by atoms with Crippen molar-refractivity contribution >= 4 is 11.6 Å². The third-order valence-electron chi connectivity index (χ3n) is 3.52. The lowest BCUT2D eigenvalue weighted by Crippen LogP contribution is -2.45. The van der Waals surface area contributed by atoms with Crippen molar-refractivity contribution in [1.29, 1.82) is 0 Å². The van der Waals surface area contributed by atoms with Gasteiger partial charge in [-0.15, -0.1) is 0 Å². The van der Waals surface area contributed by atoms with E-state index in [2.05, 4.69) is 26.1 Å². The number of amides is 1. The Morgan fingerprint density at radius 1 is 1.33 bits per heavy atom. The first-order valence-corrected chi connectivity index (χ1v) is 7.10. The number of rotatable bonds is 6. The van der Waals surface area contributed by atoms with E-state index in [9.17, 15) is 14.3 Å². The monoisotopic (exact) mass is 296 g/mol. The largest absolute Gasteiger partial charge is 0.395 e. The Morgan fingerprint density at radius 2 is 1.90 bits per heavy atom. The highest BCUT2D eigenvalue weighted by molar-refractivity contribution is 5.90. The highest BCUT2D eigenvalue weighted by atomic mass is 19.1. The van der Waals surface area contributed by atoms with Gasteiger partial charge in [-0.3, -0.25) is 4.79 Å². The lowest BCUT2D eigenvalue weighted by atomic mass is 9.86. The topological polar surface area (TPSA) is 52.6 Å². The number of hydrogen-bond acceptors (Lipinski definition) is 3. The molecule has 1 aromatic rings. The molecule has 0 saturated heterocycles. The maximum Gasteiger partial charge on any atom is 0.225 e. The number of benzene rings is 1. The molecule has 0 aliphatic rings. The number of likely N-dealkylation sites (N-methyl/N-ethyl adjacent to an activating group) is 1. The molecule has 4 nitrogen and oxygen atoms in total. The lowest BCUT2D eigenvalue weighted by Gasteiger charge is -2.36. The van der Waals surface area contributed by atoms with E-state index in [4.69, 9.17) is 0 Å². The summed E-state index contributed by atoms with van der Waals surface area (Å²) in [5.41, 5.74) is 0.523. The summed E-state index contributed by atoms with van der Waals surface area (Å²) in [5.74, 6) is -0.456. The maximum atomic E-state index is 12.8. The van der Waals surface area contributed by atoms with Crippen LogP contribution in [0.4, 0.5) is 10.1 Å². The van der Waals surface area contributed by atoms with Crippen molar-refractivity contribution in [2.45, 2.75) is 33.2 Å². The van der Waals surface area contributed by atoms with Crippen molar-refractivity contribution < 1.29 is 14.3 Å². The van der Waals surface area contributed by atoms with E-state index in [1.165, 1.54) is 24.3 Å². The summed E-state index contributed by atoms with van der Waals surface area (Å²) < 4.78 is 12.8. The number of halogens is 1. The van der Waals surface area contributed by atoms with Crippen molar-refractivity contribution in [1.82, 2.24) is 4.90 Å². The minimum Gasteiger partial charge on any atom is -0.395 e. The molecule has 0 saturated carbocycles. The van der Waals surface area contributed by atoms with Crippen LogP contribution >= 0.6 is 0 Å². The van der Waals surface area contributed by atoms with Crippen LogP contribution in [0.15, 0.2) is 24.3 Å². The van der Waals surface area contributed by atoms with Crippen LogP contribution in [0.1, 0.15) is 27.2 Å². The molecular weight excluding hydrogens is 271 g/mol. The van der Waals surface area contributed by atoms with E-state index < -0.39 is 0 Å². The fourth-order valence-electron chi connectivity index (χ4n) is 2.26. The number of carbonyl (C=O) groups excluding carboxylic acids is 1. The van der Waals surface area contributed by atoms with Gasteiger partial charge in [-0.05, 0) is 36.7 Å². The highest BCUT2D eigenvalue weighted by Crippen LogP contribution is 2.23. The summed E-state index contributed by atoms with van der Waals surface area (Å²) in [7, 11) is 1.90. The molecule has 1 amide bonds. The first-order chi connectivity index (χ1) is 9.74. The van der Waals surface area contributed by atoms with Crippen molar-refractivity contribution in [2.75, 3.05) is 25.5 Å². The van der Waals surface area contributed by atoms with Crippen molar-refractivity contribution in [3.05, 3.63) is 30.1 Å². The Balaban J connectivity index is 2.47. The van der Waals surface area contributed by atoms with Gasteiger partial charge in [0.05, 0.1) is 6.61 Å². The van der Waals surface area contributed by atoms with Crippen LogP contribution in [-0.4, -0.2) is 42.2 Å². The van der Waals surface area contributed by atoms with Gasteiger partial charge < -0.3 is 15.3 Å². The van der Waals surface area contributed by atoms with Crippen LogP contribution < -0.4 is 5.32 Å². The smallest absolute Gasteiger partial charge is 0.225 e. The van der Waals surface area contributed by atoms with E-state index in [-0.39, 0.29) is 29.8 Å². The van der Waals surface area contributed by atoms with E-state index in [1.54, 1.807) is 0 Å². The number of anilines is 1. The average molecular weight is 296 g/mol. The normalized spacial score (nSPS) is 13.3. The molecule has 0 aliphatic heterocycles. The van der Waals surface area contributed by atoms with Crippen LogP contribution in [0, 0.1) is 11.2 Å². The van der Waals surface area contributed by atoms with Crippen LogP contribution in [0.3, 0.4) is 0 Å². The predicted molar refractivity (Wildman–Crippen MR) is 82.6 cm³/mol. The standard InChI is InChI=1S/C16H25FN2O2/c1-16(2,3)14(11-20)19(4)10-9-15(21)18-13-7-5-12(17)6-8-13/h5-8,14,20H,9-11H2,1-4H3,(H,18,21). The van der Waals surface area contributed by atoms with Gasteiger partial charge in [0, 0.05) is 24.7 Å². The predicted octanol–water partition coefficient (Wildman–Crippen LogP) is 2.49. The molecule has 0 bridgehead atoms. The van der Waals surface area contributed by atoms with Gasteiger partial charge in [-0.2, -0.15) is 0 Å². The Labute approximate surface area is 126 Å². The second kappa shape index (κ2) is 7.52. The zero-order valence-corrected chi connectivity index (χ0v) is 13.2. The van der Waals surface area contributed by atoms with Gasteiger partial charge in [-0.1, -0.05) is 20.8 Å². The summed E-state index contributed by atoms with van der Waals surface area (Å²) in [6, 6.07) is 5.67. The van der Waals surface area contributed by atoms with Gasteiger partial charge in [0.25, 0.3) is 0 Å². The third kappa shape index (κ3) is 5.81. The summed E-state index contributed by atoms with van der Waals surface area (Å²) in [6.07, 6.45) is 0.320. The van der Waals surface area contributed by atoms with Gasteiger partial charge in [0.15, 0.2) is 0 Å². The molecule has 2 N–H and O–H groups in total. The van der Waals surface area contributed by atoms with Crippen molar-refractivity contribution in [3.8, 4) is 0 Å². The number of hydrogen-bond donors (Lipinski definition) is 2. The maximum absolute atomic E-state index is 12.8.